The maximum Gasteiger partial charge on any atom is 0.244 e. The Morgan fingerprint density at radius 1 is 0.909 bits per heavy atom. The van der Waals surface area contributed by atoms with Crippen molar-refractivity contribution < 1.29 is 14.3 Å². The third-order valence-corrected chi connectivity index (χ3v) is 10.6. The van der Waals surface area contributed by atoms with Gasteiger partial charge >= 0.3 is 0 Å². The Balaban J connectivity index is 1.11. The van der Waals surface area contributed by atoms with E-state index in [9.17, 15) is 9.59 Å². The number of carbonyl (C=O) groups excluding carboxylic acids is 2. The molecule has 2 atom stereocenters. The van der Waals surface area contributed by atoms with Crippen LogP contribution < -0.4 is 10.1 Å². The number of carbonyl (C=O) groups is 2. The Morgan fingerprint density at radius 3 is 2.45 bits per heavy atom. The molecule has 2 aromatic heterocycles. The zero-order chi connectivity index (χ0) is 38.6. The van der Waals surface area contributed by atoms with Crippen LogP contribution in [0.25, 0.3) is 44.2 Å². The molecular weight excluding hydrogens is 687 g/mol. The summed E-state index contributed by atoms with van der Waals surface area (Å²) in [5, 5.41) is 5.28. The van der Waals surface area contributed by atoms with E-state index < -0.39 is 6.04 Å². The van der Waals surface area contributed by atoms with Gasteiger partial charge in [0.1, 0.15) is 30.0 Å². The highest BCUT2D eigenvalue weighted by atomic mass is 16.5. The van der Waals surface area contributed by atoms with Gasteiger partial charge in [-0.3, -0.25) is 9.59 Å². The summed E-state index contributed by atoms with van der Waals surface area (Å²) in [6, 6.07) is 24.3. The van der Waals surface area contributed by atoms with Crippen molar-refractivity contribution in [3.05, 3.63) is 102 Å². The highest BCUT2D eigenvalue weighted by Crippen LogP contribution is 2.42. The predicted molar refractivity (Wildman–Crippen MR) is 219 cm³/mol. The zero-order valence-corrected chi connectivity index (χ0v) is 32.9. The van der Waals surface area contributed by atoms with Crippen LogP contribution in [0.5, 0.6) is 5.75 Å². The van der Waals surface area contributed by atoms with Gasteiger partial charge in [-0.2, -0.15) is 0 Å². The lowest BCUT2D eigenvalue weighted by Gasteiger charge is -2.26. The number of H-pyrrole nitrogens is 2. The third-order valence-electron chi connectivity index (χ3n) is 10.6. The smallest absolute Gasteiger partial charge is 0.244 e. The average Bonchev–Trinajstić information content (AvgIpc) is 3.84. The molecule has 0 fully saturated rings. The third kappa shape index (κ3) is 8.15. The lowest BCUT2D eigenvalue weighted by Crippen LogP contribution is -2.40. The zero-order valence-electron chi connectivity index (χ0n) is 32.9. The minimum Gasteiger partial charge on any atom is -0.488 e. The first-order valence-corrected chi connectivity index (χ1v) is 19.7. The maximum absolute atomic E-state index is 13.8. The van der Waals surface area contributed by atoms with Crippen molar-refractivity contribution in [2.75, 3.05) is 20.1 Å². The molecule has 0 saturated carbocycles. The minimum atomic E-state index is -0.431. The number of likely N-dealkylation sites (N-methyl/N-ethyl adjacent to an activating group) is 1. The number of nitrogens with one attached hydrogen (secondary N) is 3. The van der Waals surface area contributed by atoms with Gasteiger partial charge in [0.25, 0.3) is 0 Å². The highest BCUT2D eigenvalue weighted by Gasteiger charge is 2.26. The summed E-state index contributed by atoms with van der Waals surface area (Å²) in [5.41, 5.74) is 7.95. The minimum absolute atomic E-state index is 0.0235. The number of benzene rings is 4. The fourth-order valence-electron chi connectivity index (χ4n) is 7.60. The van der Waals surface area contributed by atoms with Crippen LogP contribution in [0.4, 0.5) is 0 Å². The van der Waals surface area contributed by atoms with E-state index in [0.717, 1.165) is 85.6 Å². The van der Waals surface area contributed by atoms with Crippen LogP contribution in [-0.4, -0.2) is 61.7 Å². The summed E-state index contributed by atoms with van der Waals surface area (Å²) in [7, 11) is 1.82. The largest absolute Gasteiger partial charge is 0.488 e. The van der Waals surface area contributed by atoms with Crippen LogP contribution in [-0.2, 0) is 29.3 Å². The van der Waals surface area contributed by atoms with Gasteiger partial charge in [-0.25, -0.2) is 9.97 Å². The van der Waals surface area contributed by atoms with Gasteiger partial charge in [-0.05, 0) is 77.2 Å². The van der Waals surface area contributed by atoms with Crippen LogP contribution in [0, 0.1) is 11.8 Å². The molecule has 3 N–H and O–H groups in total. The summed E-state index contributed by atoms with van der Waals surface area (Å²) < 4.78 is 6.41. The second-order valence-electron chi connectivity index (χ2n) is 15.4. The van der Waals surface area contributed by atoms with Crippen molar-refractivity contribution in [2.24, 2.45) is 11.8 Å². The lowest BCUT2D eigenvalue weighted by molar-refractivity contribution is -0.134. The molecule has 0 radical (unpaired) electrons. The van der Waals surface area contributed by atoms with Crippen molar-refractivity contribution in [3.8, 4) is 28.1 Å². The number of nitrogens with zero attached hydrogens (tertiary/aromatic N) is 4. The Morgan fingerprint density at radius 2 is 1.71 bits per heavy atom. The Kier molecular flexibility index (Phi) is 11.3. The number of hydrogen-bond donors (Lipinski definition) is 3. The van der Waals surface area contributed by atoms with Crippen LogP contribution in [0.1, 0.15) is 82.7 Å². The fourth-order valence-corrected chi connectivity index (χ4v) is 7.60. The number of rotatable bonds is 15. The summed E-state index contributed by atoms with van der Waals surface area (Å²) in [5.74, 6) is 3.28. The van der Waals surface area contributed by atoms with Gasteiger partial charge in [0, 0.05) is 30.5 Å². The molecule has 3 heterocycles. The number of aromatic amines is 2. The summed E-state index contributed by atoms with van der Waals surface area (Å²) in [6.07, 6.45) is 4.24. The lowest BCUT2D eigenvalue weighted by atomic mass is 9.92. The number of fused-ring (bicyclic) bond motifs is 6. The normalized spacial score (nSPS) is 13.4. The monoisotopic (exact) mass is 739 g/mol. The summed E-state index contributed by atoms with van der Waals surface area (Å²) in [4.78, 5) is 47.4. The number of imidazole rings is 2. The van der Waals surface area contributed by atoms with Crippen LogP contribution >= 0.6 is 0 Å². The van der Waals surface area contributed by atoms with E-state index in [1.165, 1.54) is 0 Å². The van der Waals surface area contributed by atoms with Crippen LogP contribution in [0.3, 0.4) is 0 Å². The quantitative estimate of drug-likeness (QED) is 0.0969. The van der Waals surface area contributed by atoms with Gasteiger partial charge < -0.3 is 29.8 Å². The molecule has 286 valence electrons. The first-order chi connectivity index (χ1) is 26.6. The number of ether oxygens (including phenoxy) is 1. The number of amides is 2. The van der Waals surface area contributed by atoms with Gasteiger partial charge in [0.2, 0.25) is 11.8 Å². The molecule has 4 aromatic carbocycles. The molecule has 55 heavy (non-hydrogen) atoms. The molecule has 0 spiro atoms. The summed E-state index contributed by atoms with van der Waals surface area (Å²) >= 11 is 0. The molecule has 0 bridgehead atoms. The van der Waals surface area contributed by atoms with E-state index in [1.807, 2.05) is 53.4 Å². The standard InChI is InChI=1S/C45H53N7O3/c1-7-18-51(45(54)43(46-6)30-12-10-9-11-13-30)26-41-48-37-17-15-31-21-36-34-16-14-32(20-33(34)27-55-39(36)22-35(31)44(37)50-41)38-23-47-40(49-38)25-52(24-28(3)4)42(53)19-29(5)8-2/h9-17,20-23,28-29,43,46H,7-8,18-19,24-27H2,1-6H3,(H,47,49)(H,48,50)/t29-,43+/m0/s1. The first-order valence-electron chi connectivity index (χ1n) is 19.7. The van der Waals surface area contributed by atoms with Gasteiger partial charge in [0.05, 0.1) is 36.0 Å². The molecule has 0 unspecified atom stereocenters. The average molecular weight is 740 g/mol. The fraction of sp³-hybridized carbons (Fsp3) is 0.378. The maximum atomic E-state index is 13.8. The van der Waals surface area contributed by atoms with Gasteiger partial charge in [-0.1, -0.05) is 89.6 Å². The van der Waals surface area contributed by atoms with Gasteiger partial charge in [0.15, 0.2) is 0 Å². The van der Waals surface area contributed by atoms with E-state index in [4.69, 9.17) is 9.72 Å². The molecule has 10 heteroatoms. The van der Waals surface area contributed by atoms with Crippen molar-refractivity contribution in [1.82, 2.24) is 35.1 Å². The highest BCUT2D eigenvalue weighted by molar-refractivity contribution is 6.07. The summed E-state index contributed by atoms with van der Waals surface area (Å²) in [6.45, 7) is 13.2. The Hall–Kier alpha value is -5.48. The Bertz CT molecular complexity index is 2290. The molecule has 2 amide bonds. The molecule has 6 aromatic rings. The molecule has 0 aliphatic carbocycles. The number of hydrogen-bond acceptors (Lipinski definition) is 6. The molecular formula is C45H53N7O3. The van der Waals surface area contributed by atoms with Crippen molar-refractivity contribution >= 4 is 33.6 Å². The molecule has 10 nitrogen and oxygen atoms in total. The molecule has 7 rings (SSSR count). The van der Waals surface area contributed by atoms with E-state index >= 15 is 0 Å². The predicted octanol–water partition coefficient (Wildman–Crippen LogP) is 8.79. The Labute approximate surface area is 323 Å². The van der Waals surface area contributed by atoms with E-state index in [1.54, 1.807) is 0 Å². The molecule has 1 aliphatic rings. The molecule has 1 aliphatic heterocycles. The second-order valence-corrected chi connectivity index (χ2v) is 15.4. The van der Waals surface area contributed by atoms with E-state index in [2.05, 4.69) is 97.4 Å². The first kappa shape index (κ1) is 37.8. The SMILES string of the molecule is CCCN(Cc1nc2c(ccc3cc4c(cc32)OCc2cc(-c3cnc(CN(CC(C)C)C(=O)C[C@@H](C)CC)[nH]3)ccc2-4)[nH]1)C(=O)[C@H](NC)c1ccccc1. The second kappa shape index (κ2) is 16.5. The van der Waals surface area contributed by atoms with Gasteiger partial charge in [-0.15, -0.1) is 0 Å². The van der Waals surface area contributed by atoms with E-state index in [-0.39, 0.29) is 11.8 Å². The number of aromatic nitrogens is 4. The van der Waals surface area contributed by atoms with Crippen molar-refractivity contribution in [3.63, 3.8) is 0 Å². The topological polar surface area (TPSA) is 119 Å². The van der Waals surface area contributed by atoms with Crippen LogP contribution in [0.15, 0.2) is 79.0 Å². The molecule has 0 saturated heterocycles. The van der Waals surface area contributed by atoms with Crippen LogP contribution in [0.2, 0.25) is 0 Å². The van der Waals surface area contributed by atoms with Crippen molar-refractivity contribution in [2.45, 2.75) is 79.6 Å². The van der Waals surface area contributed by atoms with Crippen molar-refractivity contribution in [1.29, 1.82) is 0 Å². The van der Waals surface area contributed by atoms with E-state index in [0.29, 0.717) is 51.0 Å².